The van der Waals surface area contributed by atoms with E-state index < -0.39 is 11.2 Å². The number of aliphatic carboxylic acids is 1. The van der Waals surface area contributed by atoms with E-state index in [2.05, 4.69) is 10.2 Å². The summed E-state index contributed by atoms with van der Waals surface area (Å²) in [5, 5.41) is 16.6. The van der Waals surface area contributed by atoms with Crippen molar-refractivity contribution in [3.8, 4) is 0 Å². The lowest BCUT2D eigenvalue weighted by molar-refractivity contribution is -0.136. The summed E-state index contributed by atoms with van der Waals surface area (Å²) in [6.07, 6.45) is 0. The van der Waals surface area contributed by atoms with Crippen molar-refractivity contribution in [2.24, 2.45) is 0 Å². The van der Waals surface area contributed by atoms with E-state index in [1.54, 1.807) is 6.92 Å². The van der Waals surface area contributed by atoms with Gasteiger partial charge in [0.15, 0.2) is 4.34 Å². The molecule has 0 radical (unpaired) electrons. The number of carbonyl (C=O) groups is 1. The number of nitrogens with zero attached hydrogens (tertiary/aromatic N) is 2. The first-order valence-corrected chi connectivity index (χ1v) is 4.99. The van der Waals surface area contributed by atoms with Crippen LogP contribution in [0.1, 0.15) is 11.9 Å². The van der Waals surface area contributed by atoms with Crippen molar-refractivity contribution < 1.29 is 9.90 Å². The molecule has 0 fully saturated rings. The molecule has 6 heteroatoms. The molecule has 0 saturated heterocycles. The van der Waals surface area contributed by atoms with Gasteiger partial charge in [-0.1, -0.05) is 23.1 Å². The van der Waals surface area contributed by atoms with Crippen LogP contribution in [-0.4, -0.2) is 26.5 Å². The van der Waals surface area contributed by atoms with Crippen molar-refractivity contribution in [3.63, 3.8) is 0 Å². The van der Waals surface area contributed by atoms with Gasteiger partial charge in [0.25, 0.3) is 0 Å². The molecule has 66 valence electrons. The zero-order chi connectivity index (χ0) is 9.14. The molecule has 0 saturated carbocycles. The van der Waals surface area contributed by atoms with Gasteiger partial charge in [0.1, 0.15) is 10.3 Å². The highest BCUT2D eigenvalue weighted by Gasteiger charge is 2.14. The Kier molecular flexibility index (Phi) is 3.05. The number of carboxylic acid groups (broad SMARTS) is 1. The molecule has 0 aliphatic carbocycles. The minimum absolute atomic E-state index is 0.461. The van der Waals surface area contributed by atoms with E-state index in [4.69, 9.17) is 5.11 Å². The van der Waals surface area contributed by atoms with Crippen molar-refractivity contribution in [1.82, 2.24) is 10.2 Å². The second-order valence-corrected chi connectivity index (χ2v) is 4.95. The van der Waals surface area contributed by atoms with E-state index in [9.17, 15) is 4.79 Å². The Morgan fingerprint density at radius 1 is 1.67 bits per heavy atom. The maximum Gasteiger partial charge on any atom is 0.316 e. The molecular formula is C6H8N2O2S2. The second-order valence-electron chi connectivity index (χ2n) is 2.19. The molecule has 1 aromatic heterocycles. The molecule has 0 spiro atoms. The Labute approximate surface area is 78.0 Å². The fourth-order valence-electron chi connectivity index (χ4n) is 0.528. The highest BCUT2D eigenvalue weighted by molar-refractivity contribution is 8.02. The lowest BCUT2D eigenvalue weighted by atomic mass is 10.5. The van der Waals surface area contributed by atoms with Gasteiger partial charge in [-0.25, -0.2) is 0 Å². The minimum atomic E-state index is -0.826. The number of hydrogen-bond donors (Lipinski definition) is 1. The normalized spacial score (nSPS) is 12.8. The molecule has 1 heterocycles. The van der Waals surface area contributed by atoms with Crippen LogP contribution in [0.2, 0.25) is 0 Å². The summed E-state index contributed by atoms with van der Waals surface area (Å²) >= 11 is 2.63. The number of thioether (sulfide) groups is 1. The molecule has 0 aliphatic rings. The molecule has 4 nitrogen and oxygen atoms in total. The number of rotatable bonds is 3. The molecule has 1 aromatic rings. The van der Waals surface area contributed by atoms with E-state index >= 15 is 0 Å². The predicted octanol–water partition coefficient (Wildman–Crippen LogP) is 1.41. The Morgan fingerprint density at radius 2 is 2.33 bits per heavy atom. The van der Waals surface area contributed by atoms with Gasteiger partial charge in [-0.15, -0.1) is 10.2 Å². The third-order valence-electron chi connectivity index (χ3n) is 1.13. The van der Waals surface area contributed by atoms with Crippen molar-refractivity contribution in [3.05, 3.63) is 5.01 Å². The zero-order valence-corrected chi connectivity index (χ0v) is 8.28. The fraction of sp³-hybridized carbons (Fsp3) is 0.500. The van der Waals surface area contributed by atoms with Crippen LogP contribution in [0.3, 0.4) is 0 Å². The van der Waals surface area contributed by atoms with E-state index in [-0.39, 0.29) is 0 Å². The molecule has 0 aliphatic heterocycles. The summed E-state index contributed by atoms with van der Waals surface area (Å²) in [7, 11) is 0. The van der Waals surface area contributed by atoms with Gasteiger partial charge in [0, 0.05) is 0 Å². The maximum absolute atomic E-state index is 10.4. The SMILES string of the molecule is Cc1nnc(SC(C)C(=O)O)s1. The number of aryl methyl sites for hydroxylation is 1. The van der Waals surface area contributed by atoms with Crippen LogP contribution in [0, 0.1) is 6.92 Å². The Hall–Kier alpha value is -0.620. The van der Waals surface area contributed by atoms with Crippen LogP contribution in [-0.2, 0) is 4.79 Å². The van der Waals surface area contributed by atoms with Crippen LogP contribution in [0.5, 0.6) is 0 Å². The molecule has 0 bridgehead atoms. The van der Waals surface area contributed by atoms with Crippen molar-refractivity contribution in [2.45, 2.75) is 23.4 Å². The largest absolute Gasteiger partial charge is 0.480 e. The van der Waals surface area contributed by atoms with Gasteiger partial charge < -0.3 is 5.11 Å². The molecule has 1 atom stereocenters. The number of aromatic nitrogens is 2. The first-order chi connectivity index (χ1) is 5.59. The van der Waals surface area contributed by atoms with Crippen LogP contribution >= 0.6 is 23.1 Å². The molecule has 1 rings (SSSR count). The van der Waals surface area contributed by atoms with Crippen molar-refractivity contribution in [2.75, 3.05) is 0 Å². The summed E-state index contributed by atoms with van der Waals surface area (Å²) in [5.41, 5.74) is 0. The summed E-state index contributed by atoms with van der Waals surface area (Å²) in [6.45, 7) is 3.47. The summed E-state index contributed by atoms with van der Waals surface area (Å²) in [5.74, 6) is -0.826. The molecular weight excluding hydrogens is 196 g/mol. The van der Waals surface area contributed by atoms with Gasteiger partial charge in [0.2, 0.25) is 0 Å². The molecule has 1 unspecified atom stereocenters. The van der Waals surface area contributed by atoms with Crippen molar-refractivity contribution in [1.29, 1.82) is 0 Å². The first kappa shape index (κ1) is 9.47. The highest BCUT2D eigenvalue weighted by Crippen LogP contribution is 2.25. The van der Waals surface area contributed by atoms with Crippen molar-refractivity contribution >= 4 is 29.1 Å². The van der Waals surface area contributed by atoms with E-state index in [0.717, 1.165) is 5.01 Å². The zero-order valence-electron chi connectivity index (χ0n) is 6.64. The smallest absolute Gasteiger partial charge is 0.316 e. The number of carboxylic acids is 1. The standard InChI is InChI=1S/C6H8N2O2S2/c1-3(5(9)10)11-6-8-7-4(2)12-6/h3H,1-2H3,(H,9,10). The highest BCUT2D eigenvalue weighted by atomic mass is 32.2. The quantitative estimate of drug-likeness (QED) is 0.754. The Bertz CT molecular complexity index is 287. The third-order valence-corrected chi connectivity index (χ3v) is 3.14. The molecule has 0 aromatic carbocycles. The maximum atomic E-state index is 10.4. The van der Waals surface area contributed by atoms with Gasteiger partial charge in [0.05, 0.1) is 0 Å². The van der Waals surface area contributed by atoms with Crippen LogP contribution in [0.25, 0.3) is 0 Å². The second kappa shape index (κ2) is 3.86. The average Bonchev–Trinajstić information content (AvgIpc) is 2.35. The number of hydrogen-bond acceptors (Lipinski definition) is 5. The third kappa shape index (κ3) is 2.46. The first-order valence-electron chi connectivity index (χ1n) is 3.29. The Balaban J connectivity index is 2.58. The molecule has 0 amide bonds. The lowest BCUT2D eigenvalue weighted by Gasteiger charge is -1.99. The van der Waals surface area contributed by atoms with Crippen LogP contribution < -0.4 is 0 Å². The van der Waals surface area contributed by atoms with Crippen LogP contribution in [0.4, 0.5) is 0 Å². The molecule has 1 N–H and O–H groups in total. The lowest BCUT2D eigenvalue weighted by Crippen LogP contribution is -2.10. The van der Waals surface area contributed by atoms with E-state index in [1.165, 1.54) is 23.1 Å². The topological polar surface area (TPSA) is 63.1 Å². The summed E-state index contributed by atoms with van der Waals surface area (Å²) in [4.78, 5) is 10.4. The van der Waals surface area contributed by atoms with Gasteiger partial charge in [-0.3, -0.25) is 4.79 Å². The summed E-state index contributed by atoms with van der Waals surface area (Å²) in [6, 6.07) is 0. The minimum Gasteiger partial charge on any atom is -0.480 e. The predicted molar refractivity (Wildman–Crippen MR) is 47.6 cm³/mol. The van der Waals surface area contributed by atoms with Gasteiger partial charge >= 0.3 is 5.97 Å². The van der Waals surface area contributed by atoms with E-state index in [0.29, 0.717) is 4.34 Å². The monoisotopic (exact) mass is 204 g/mol. The van der Waals surface area contributed by atoms with Crippen LogP contribution in [0.15, 0.2) is 4.34 Å². The van der Waals surface area contributed by atoms with Gasteiger partial charge in [-0.2, -0.15) is 0 Å². The summed E-state index contributed by atoms with van der Waals surface area (Å²) < 4.78 is 0.711. The molecule has 12 heavy (non-hydrogen) atoms. The average molecular weight is 204 g/mol. The Morgan fingerprint density at radius 3 is 2.75 bits per heavy atom. The van der Waals surface area contributed by atoms with E-state index in [1.807, 2.05) is 6.92 Å². The fourth-order valence-corrected chi connectivity index (χ4v) is 2.42. The van der Waals surface area contributed by atoms with Gasteiger partial charge in [-0.05, 0) is 13.8 Å².